The molecule has 21 heavy (non-hydrogen) atoms. The predicted molar refractivity (Wildman–Crippen MR) is 83.6 cm³/mol. The number of fused-ring (bicyclic) bond motifs is 1. The monoisotopic (exact) mass is 288 g/mol. The molecule has 1 amide bonds. The molecule has 1 aliphatic heterocycles. The normalized spacial score (nSPS) is 19.3. The summed E-state index contributed by atoms with van der Waals surface area (Å²) in [5, 5.41) is 0. The van der Waals surface area contributed by atoms with E-state index in [2.05, 4.69) is 6.07 Å². The van der Waals surface area contributed by atoms with Gasteiger partial charge in [0.2, 0.25) is 0 Å². The maximum atomic E-state index is 12.3. The summed E-state index contributed by atoms with van der Waals surface area (Å²) in [6, 6.07) is 6.17. The molecule has 0 aromatic heterocycles. The molecule has 1 heterocycles. The lowest BCUT2D eigenvalue weighted by atomic mass is 9.97. The maximum absolute atomic E-state index is 12.3. The number of anilines is 1. The van der Waals surface area contributed by atoms with Crippen molar-refractivity contribution in [1.29, 1.82) is 0 Å². The molecule has 1 saturated carbocycles. The van der Waals surface area contributed by atoms with E-state index < -0.39 is 5.60 Å². The van der Waals surface area contributed by atoms with Gasteiger partial charge in [-0.2, -0.15) is 0 Å². The molecule has 1 aromatic carbocycles. The molecule has 0 atom stereocenters. The fourth-order valence-corrected chi connectivity index (χ4v) is 2.90. The van der Waals surface area contributed by atoms with Crippen molar-refractivity contribution >= 4 is 11.8 Å². The number of carbonyl (C=O) groups is 1. The number of carbonyl (C=O) groups excluding carboxylic acids is 1. The lowest BCUT2D eigenvalue weighted by Gasteiger charge is -2.25. The van der Waals surface area contributed by atoms with E-state index >= 15 is 0 Å². The first-order valence-corrected chi connectivity index (χ1v) is 7.68. The Morgan fingerprint density at radius 1 is 1.38 bits per heavy atom. The van der Waals surface area contributed by atoms with Gasteiger partial charge in [0.15, 0.2) is 0 Å². The zero-order chi connectivity index (χ0) is 15.3. The average Bonchev–Trinajstić information content (AvgIpc) is 2.92. The number of amides is 1. The molecule has 0 unspecified atom stereocenters. The Balaban J connectivity index is 1.82. The molecule has 0 radical (unpaired) electrons. The fraction of sp³-hybridized carbons (Fsp3) is 0.588. The molecule has 0 spiro atoms. The molecule has 1 aliphatic carbocycles. The topological polar surface area (TPSA) is 55.6 Å². The molecular formula is C17H24N2O2. The second kappa shape index (κ2) is 4.73. The average molecular weight is 288 g/mol. The van der Waals surface area contributed by atoms with Crippen LogP contribution >= 0.6 is 0 Å². The Hall–Kier alpha value is -1.55. The van der Waals surface area contributed by atoms with Crippen molar-refractivity contribution in [1.82, 2.24) is 0 Å². The van der Waals surface area contributed by atoms with Crippen LogP contribution < -0.4 is 10.6 Å². The third-order valence-electron chi connectivity index (χ3n) is 4.17. The van der Waals surface area contributed by atoms with Gasteiger partial charge >= 0.3 is 6.09 Å². The van der Waals surface area contributed by atoms with Crippen LogP contribution in [0.2, 0.25) is 0 Å². The lowest BCUT2D eigenvalue weighted by Crippen LogP contribution is -2.35. The van der Waals surface area contributed by atoms with E-state index in [9.17, 15) is 4.79 Å². The third-order valence-corrected chi connectivity index (χ3v) is 4.17. The van der Waals surface area contributed by atoms with Crippen molar-refractivity contribution in [2.45, 2.75) is 57.6 Å². The van der Waals surface area contributed by atoms with Crippen LogP contribution in [0.25, 0.3) is 0 Å². The lowest BCUT2D eigenvalue weighted by molar-refractivity contribution is 0.0584. The van der Waals surface area contributed by atoms with Crippen LogP contribution in [-0.2, 0) is 17.6 Å². The van der Waals surface area contributed by atoms with E-state index in [1.807, 2.05) is 32.9 Å². The second-order valence-electron chi connectivity index (χ2n) is 7.34. The van der Waals surface area contributed by atoms with Crippen LogP contribution in [0.3, 0.4) is 0 Å². The number of nitrogens with two attached hydrogens (primary N) is 1. The molecule has 1 aromatic rings. The van der Waals surface area contributed by atoms with E-state index in [0.717, 1.165) is 31.4 Å². The number of hydrogen-bond donors (Lipinski definition) is 1. The minimum absolute atomic E-state index is 0.00549. The van der Waals surface area contributed by atoms with Crippen molar-refractivity contribution in [2.75, 3.05) is 11.4 Å². The number of hydrogen-bond acceptors (Lipinski definition) is 3. The summed E-state index contributed by atoms with van der Waals surface area (Å²) in [6.45, 7) is 6.37. The summed E-state index contributed by atoms with van der Waals surface area (Å²) in [5.41, 5.74) is 9.32. The van der Waals surface area contributed by atoms with E-state index in [4.69, 9.17) is 10.5 Å². The van der Waals surface area contributed by atoms with Crippen molar-refractivity contribution in [3.8, 4) is 0 Å². The summed E-state index contributed by atoms with van der Waals surface area (Å²) >= 11 is 0. The number of benzene rings is 1. The highest BCUT2D eigenvalue weighted by Crippen LogP contribution is 2.39. The first-order valence-electron chi connectivity index (χ1n) is 7.68. The number of nitrogens with zero attached hydrogens (tertiary/aromatic N) is 1. The van der Waals surface area contributed by atoms with Gasteiger partial charge in [0, 0.05) is 12.1 Å². The van der Waals surface area contributed by atoms with Crippen molar-refractivity contribution < 1.29 is 9.53 Å². The molecule has 114 valence electrons. The van der Waals surface area contributed by atoms with Crippen molar-refractivity contribution in [2.24, 2.45) is 5.73 Å². The van der Waals surface area contributed by atoms with E-state index in [1.54, 1.807) is 4.90 Å². The number of rotatable bonds is 2. The Morgan fingerprint density at radius 3 is 2.71 bits per heavy atom. The van der Waals surface area contributed by atoms with Gasteiger partial charge < -0.3 is 10.5 Å². The van der Waals surface area contributed by atoms with Gasteiger partial charge in [0.1, 0.15) is 5.60 Å². The molecule has 0 bridgehead atoms. The SMILES string of the molecule is CC(C)(C)OC(=O)N1CCc2c(CC3(N)CC3)cccc21. The molecular weight excluding hydrogens is 264 g/mol. The molecule has 4 heteroatoms. The summed E-state index contributed by atoms with van der Waals surface area (Å²) < 4.78 is 5.49. The first-order chi connectivity index (χ1) is 9.77. The Kier molecular flexibility index (Phi) is 3.24. The fourth-order valence-electron chi connectivity index (χ4n) is 2.90. The molecule has 3 rings (SSSR count). The first kappa shape index (κ1) is 14.4. The van der Waals surface area contributed by atoms with Crippen LogP contribution in [0, 0.1) is 0 Å². The van der Waals surface area contributed by atoms with E-state index in [0.29, 0.717) is 6.54 Å². The minimum Gasteiger partial charge on any atom is -0.443 e. The molecule has 2 N–H and O–H groups in total. The largest absolute Gasteiger partial charge is 0.443 e. The Bertz CT molecular complexity index is 571. The molecule has 2 aliphatic rings. The standard InChI is InChI=1S/C17H24N2O2/c1-16(2,3)21-15(20)19-10-7-13-12(5-4-6-14(13)19)11-17(18)8-9-17/h4-6H,7-11,18H2,1-3H3. The zero-order valence-corrected chi connectivity index (χ0v) is 13.1. The van der Waals surface area contributed by atoms with Crippen LogP contribution in [0.4, 0.5) is 10.5 Å². The van der Waals surface area contributed by atoms with Gasteiger partial charge in [-0.25, -0.2) is 4.79 Å². The van der Waals surface area contributed by atoms with Crippen molar-refractivity contribution in [3.05, 3.63) is 29.3 Å². The highest BCUT2D eigenvalue weighted by atomic mass is 16.6. The second-order valence-corrected chi connectivity index (χ2v) is 7.34. The highest BCUT2D eigenvalue weighted by molar-refractivity contribution is 5.90. The zero-order valence-electron chi connectivity index (χ0n) is 13.1. The van der Waals surface area contributed by atoms with Gasteiger partial charge in [-0.1, -0.05) is 12.1 Å². The summed E-state index contributed by atoms with van der Waals surface area (Å²) in [4.78, 5) is 14.1. The molecule has 0 saturated heterocycles. The smallest absolute Gasteiger partial charge is 0.414 e. The van der Waals surface area contributed by atoms with Crippen LogP contribution in [0.1, 0.15) is 44.7 Å². The summed E-state index contributed by atoms with van der Waals surface area (Å²) in [6.07, 6.45) is 3.75. The Morgan fingerprint density at radius 2 is 2.10 bits per heavy atom. The van der Waals surface area contributed by atoms with Gasteiger partial charge in [0.25, 0.3) is 0 Å². The Labute approximate surface area is 126 Å². The van der Waals surface area contributed by atoms with Crippen LogP contribution in [0.5, 0.6) is 0 Å². The maximum Gasteiger partial charge on any atom is 0.414 e. The predicted octanol–water partition coefficient (Wildman–Crippen LogP) is 3.02. The van der Waals surface area contributed by atoms with Crippen LogP contribution in [-0.4, -0.2) is 23.8 Å². The quantitative estimate of drug-likeness (QED) is 0.910. The van der Waals surface area contributed by atoms with E-state index in [-0.39, 0.29) is 11.6 Å². The minimum atomic E-state index is -0.465. The van der Waals surface area contributed by atoms with Gasteiger partial charge in [-0.05, 0) is 63.6 Å². The number of ether oxygens (including phenoxy) is 1. The van der Waals surface area contributed by atoms with Gasteiger partial charge in [-0.3, -0.25) is 4.90 Å². The molecule has 1 fully saturated rings. The summed E-state index contributed by atoms with van der Waals surface area (Å²) in [7, 11) is 0. The van der Waals surface area contributed by atoms with Crippen molar-refractivity contribution in [3.63, 3.8) is 0 Å². The molecule has 4 nitrogen and oxygen atoms in total. The van der Waals surface area contributed by atoms with Gasteiger partial charge in [-0.15, -0.1) is 0 Å². The third kappa shape index (κ3) is 3.05. The highest BCUT2D eigenvalue weighted by Gasteiger charge is 2.39. The van der Waals surface area contributed by atoms with Gasteiger partial charge in [0.05, 0.1) is 5.69 Å². The van der Waals surface area contributed by atoms with Crippen LogP contribution in [0.15, 0.2) is 18.2 Å². The summed E-state index contributed by atoms with van der Waals surface area (Å²) in [5.74, 6) is 0. The van der Waals surface area contributed by atoms with E-state index in [1.165, 1.54) is 11.1 Å².